The average Bonchev–Trinajstić information content (AvgIpc) is 3.67. The van der Waals surface area contributed by atoms with Gasteiger partial charge >= 0.3 is 0 Å². The van der Waals surface area contributed by atoms with Gasteiger partial charge < -0.3 is 14.5 Å². The molecule has 1 atom stereocenters. The van der Waals surface area contributed by atoms with Gasteiger partial charge in [0.25, 0.3) is 0 Å². The molecule has 6 heterocycles. The zero-order chi connectivity index (χ0) is 34.5. The standard InChI is InChI=1S/C39H43F3N6/c1-10-30-26(38(7,8)17-31-32(42)24-16-25(37(4,5)6)20(3)44-35(24)45-31)15-23-29(41)19-48(36(23)46-30)39(9,11-2)27-14-22-28(40)18-43-34(22)47-33(27)21-12-13-21/h10,14-16,18-19,21H,1,11-13,17H2,2-9H3,(H,43,47)(H,44,45). The van der Waals surface area contributed by atoms with Crippen LogP contribution in [0.4, 0.5) is 13.2 Å². The number of halogens is 3. The Morgan fingerprint density at radius 2 is 1.58 bits per heavy atom. The number of H-pyrrole nitrogens is 2. The molecule has 250 valence electrons. The van der Waals surface area contributed by atoms with Gasteiger partial charge in [-0.2, -0.15) is 0 Å². The fraction of sp³-hybridized carbons (Fsp3) is 0.410. The summed E-state index contributed by atoms with van der Waals surface area (Å²) >= 11 is 0. The molecule has 6 aromatic heterocycles. The summed E-state index contributed by atoms with van der Waals surface area (Å²) in [5.74, 6) is -0.821. The van der Waals surface area contributed by atoms with E-state index < -0.39 is 16.8 Å². The maximum Gasteiger partial charge on any atom is 0.153 e. The first-order valence-corrected chi connectivity index (χ1v) is 16.8. The van der Waals surface area contributed by atoms with E-state index in [1.165, 1.54) is 12.4 Å². The topological polar surface area (TPSA) is 75.2 Å². The quantitative estimate of drug-likeness (QED) is 0.172. The number of hydrogen-bond acceptors (Lipinski definition) is 3. The predicted molar refractivity (Wildman–Crippen MR) is 187 cm³/mol. The lowest BCUT2D eigenvalue weighted by Gasteiger charge is -2.33. The fourth-order valence-electron chi connectivity index (χ4n) is 7.46. The van der Waals surface area contributed by atoms with Crippen molar-refractivity contribution in [1.82, 2.24) is 29.5 Å². The predicted octanol–water partition coefficient (Wildman–Crippen LogP) is 10.0. The summed E-state index contributed by atoms with van der Waals surface area (Å²) in [4.78, 5) is 20.8. The van der Waals surface area contributed by atoms with Crippen molar-refractivity contribution in [2.45, 2.75) is 103 Å². The molecule has 1 saturated carbocycles. The van der Waals surface area contributed by atoms with Gasteiger partial charge in [-0.1, -0.05) is 48.1 Å². The summed E-state index contributed by atoms with van der Waals surface area (Å²) in [6.07, 6.45) is 7.43. The van der Waals surface area contributed by atoms with Crippen molar-refractivity contribution in [1.29, 1.82) is 0 Å². The second-order valence-corrected chi connectivity index (χ2v) is 15.4. The van der Waals surface area contributed by atoms with Crippen LogP contribution in [0, 0.1) is 24.4 Å². The SMILES string of the molecule is C=Cc1nc2c(cc1C(C)(C)Cc1[nH]c3nc(C)c(C(C)(C)C)cc3c1F)c(F)cn2C(C)(CC)c1cc2c(F)c[nH]c2nc1C1CC1. The number of pyridine rings is 3. The van der Waals surface area contributed by atoms with Gasteiger partial charge in [-0.05, 0) is 85.8 Å². The summed E-state index contributed by atoms with van der Waals surface area (Å²) in [6, 6.07) is 5.60. The van der Waals surface area contributed by atoms with Gasteiger partial charge in [-0.25, -0.2) is 28.1 Å². The number of fused-ring (bicyclic) bond motifs is 3. The van der Waals surface area contributed by atoms with Crippen LogP contribution < -0.4 is 0 Å². The van der Waals surface area contributed by atoms with Crippen LogP contribution in [-0.2, 0) is 22.8 Å². The van der Waals surface area contributed by atoms with E-state index in [9.17, 15) is 4.39 Å². The molecular formula is C39H43F3N6. The molecule has 9 heteroatoms. The maximum absolute atomic E-state index is 16.1. The van der Waals surface area contributed by atoms with Crippen molar-refractivity contribution in [2.24, 2.45) is 0 Å². The molecule has 1 aliphatic carbocycles. The monoisotopic (exact) mass is 652 g/mol. The van der Waals surface area contributed by atoms with E-state index in [0.29, 0.717) is 57.3 Å². The van der Waals surface area contributed by atoms with Crippen LogP contribution in [0.15, 0.2) is 37.2 Å². The number of aromatic nitrogens is 6. The molecule has 1 fully saturated rings. The van der Waals surface area contributed by atoms with Crippen molar-refractivity contribution in [3.05, 3.63) is 94.1 Å². The van der Waals surface area contributed by atoms with E-state index in [-0.39, 0.29) is 23.0 Å². The summed E-state index contributed by atoms with van der Waals surface area (Å²) < 4.78 is 48.8. The molecular weight excluding hydrogens is 609 g/mol. The summed E-state index contributed by atoms with van der Waals surface area (Å²) in [7, 11) is 0. The lowest BCUT2D eigenvalue weighted by molar-refractivity contribution is 0.381. The zero-order valence-electron chi connectivity index (χ0n) is 29.0. The Morgan fingerprint density at radius 3 is 2.23 bits per heavy atom. The van der Waals surface area contributed by atoms with Gasteiger partial charge in [0.1, 0.15) is 28.6 Å². The Hall–Kier alpha value is -4.40. The van der Waals surface area contributed by atoms with E-state index in [2.05, 4.69) is 37.3 Å². The Balaban J connectivity index is 1.34. The number of nitrogens with one attached hydrogen (secondary N) is 2. The molecule has 0 saturated heterocycles. The fourth-order valence-corrected chi connectivity index (χ4v) is 7.46. The summed E-state index contributed by atoms with van der Waals surface area (Å²) in [5, 5.41) is 1.25. The third kappa shape index (κ3) is 4.96. The molecule has 0 bridgehead atoms. The highest BCUT2D eigenvalue weighted by Gasteiger charge is 2.39. The van der Waals surface area contributed by atoms with Gasteiger partial charge in [0, 0.05) is 29.6 Å². The Bertz CT molecular complexity index is 2260. The first-order chi connectivity index (χ1) is 22.6. The van der Waals surface area contributed by atoms with Crippen molar-refractivity contribution in [3.63, 3.8) is 0 Å². The van der Waals surface area contributed by atoms with Crippen LogP contribution in [0.1, 0.15) is 113 Å². The van der Waals surface area contributed by atoms with Gasteiger partial charge in [0.15, 0.2) is 5.82 Å². The highest BCUT2D eigenvalue weighted by molar-refractivity contribution is 5.82. The third-order valence-electron chi connectivity index (χ3n) is 10.5. The molecule has 2 N–H and O–H groups in total. The minimum Gasteiger partial charge on any atom is -0.343 e. The Morgan fingerprint density at radius 1 is 0.896 bits per heavy atom. The number of aromatic amines is 2. The number of nitrogens with zero attached hydrogens (tertiary/aromatic N) is 4. The van der Waals surface area contributed by atoms with Crippen LogP contribution in [0.3, 0.4) is 0 Å². The molecule has 0 amide bonds. The molecule has 6 aromatic rings. The minimum absolute atomic E-state index is 0.177. The first kappa shape index (κ1) is 32.2. The number of rotatable bonds is 8. The van der Waals surface area contributed by atoms with Crippen molar-refractivity contribution >= 4 is 39.2 Å². The lowest BCUT2D eigenvalue weighted by atomic mass is 9.79. The lowest BCUT2D eigenvalue weighted by Crippen LogP contribution is -2.32. The Kier molecular flexibility index (Phi) is 7.24. The van der Waals surface area contributed by atoms with Crippen LogP contribution >= 0.6 is 0 Å². The van der Waals surface area contributed by atoms with Crippen molar-refractivity contribution in [2.75, 3.05) is 0 Å². The van der Waals surface area contributed by atoms with Crippen LogP contribution in [0.2, 0.25) is 0 Å². The molecule has 48 heavy (non-hydrogen) atoms. The van der Waals surface area contributed by atoms with E-state index >= 15 is 8.78 Å². The van der Waals surface area contributed by atoms with E-state index in [1.54, 1.807) is 6.08 Å². The molecule has 0 spiro atoms. The van der Waals surface area contributed by atoms with Gasteiger partial charge in [-0.3, -0.25) is 0 Å². The van der Waals surface area contributed by atoms with Gasteiger partial charge in [-0.15, -0.1) is 0 Å². The largest absolute Gasteiger partial charge is 0.343 e. The highest BCUT2D eigenvalue weighted by atomic mass is 19.1. The van der Waals surface area contributed by atoms with E-state index in [1.807, 2.05) is 57.4 Å². The zero-order valence-corrected chi connectivity index (χ0v) is 29.0. The van der Waals surface area contributed by atoms with Crippen LogP contribution in [-0.4, -0.2) is 29.5 Å². The van der Waals surface area contributed by atoms with Crippen molar-refractivity contribution in [3.8, 4) is 0 Å². The second-order valence-electron chi connectivity index (χ2n) is 15.4. The van der Waals surface area contributed by atoms with E-state index in [0.717, 1.165) is 40.9 Å². The summed E-state index contributed by atoms with van der Waals surface area (Å²) in [5.41, 5.74) is 5.34. The normalized spacial score (nSPS) is 15.6. The minimum atomic E-state index is -0.765. The van der Waals surface area contributed by atoms with Crippen LogP contribution in [0.25, 0.3) is 39.2 Å². The smallest absolute Gasteiger partial charge is 0.153 e. The average molecular weight is 653 g/mol. The molecule has 6 nitrogen and oxygen atoms in total. The Labute approximate surface area is 278 Å². The molecule has 0 aromatic carbocycles. The molecule has 0 radical (unpaired) electrons. The highest BCUT2D eigenvalue weighted by Crippen LogP contribution is 2.47. The third-order valence-corrected chi connectivity index (χ3v) is 10.5. The second kappa shape index (κ2) is 10.8. The molecule has 1 unspecified atom stereocenters. The molecule has 0 aliphatic heterocycles. The van der Waals surface area contributed by atoms with Crippen LogP contribution in [0.5, 0.6) is 0 Å². The van der Waals surface area contributed by atoms with E-state index in [4.69, 9.17) is 15.0 Å². The number of aryl methyl sites for hydroxylation is 1. The molecule has 1 aliphatic rings. The first-order valence-electron chi connectivity index (χ1n) is 16.8. The van der Waals surface area contributed by atoms with Crippen molar-refractivity contribution < 1.29 is 13.2 Å². The number of hydrogen-bond donors (Lipinski definition) is 2. The van der Waals surface area contributed by atoms with Gasteiger partial charge in [0.2, 0.25) is 0 Å². The molecule has 7 rings (SSSR count). The van der Waals surface area contributed by atoms with Gasteiger partial charge in [0.05, 0.1) is 38.8 Å². The maximum atomic E-state index is 16.1. The summed E-state index contributed by atoms with van der Waals surface area (Å²) in [6.45, 7) is 20.4.